The maximum atomic E-state index is 12.5. The highest BCUT2D eigenvalue weighted by Crippen LogP contribution is 2.25. The SMILES string of the molecule is CN1CCN([C@H](CNC(=O)C(=O)Nc2ccccc2[N+](=O)[O-])c2ccc(N(C)C)cc2)CC1. The molecule has 0 unspecified atom stereocenters. The van der Waals surface area contributed by atoms with Crippen molar-refractivity contribution in [3.8, 4) is 0 Å². The molecule has 2 aromatic rings. The van der Waals surface area contributed by atoms with Crippen molar-refractivity contribution in [2.45, 2.75) is 6.04 Å². The minimum Gasteiger partial charge on any atom is -0.378 e. The number of nitrogens with zero attached hydrogens (tertiary/aromatic N) is 4. The molecule has 0 aliphatic carbocycles. The zero-order valence-electron chi connectivity index (χ0n) is 19.2. The lowest BCUT2D eigenvalue weighted by Gasteiger charge is -2.38. The molecule has 10 heteroatoms. The van der Waals surface area contributed by atoms with Crippen molar-refractivity contribution in [1.29, 1.82) is 0 Å². The number of rotatable bonds is 7. The number of nitrogens with one attached hydrogen (secondary N) is 2. The third-order valence-corrected chi connectivity index (χ3v) is 5.78. The molecule has 10 nitrogen and oxygen atoms in total. The van der Waals surface area contributed by atoms with Gasteiger partial charge in [0.25, 0.3) is 5.69 Å². The van der Waals surface area contributed by atoms with Gasteiger partial charge in [0.1, 0.15) is 5.69 Å². The van der Waals surface area contributed by atoms with E-state index in [1.165, 1.54) is 18.2 Å². The Morgan fingerprint density at radius 2 is 1.67 bits per heavy atom. The predicted molar refractivity (Wildman–Crippen MR) is 127 cm³/mol. The third-order valence-electron chi connectivity index (χ3n) is 5.78. The average Bonchev–Trinajstić information content (AvgIpc) is 2.80. The Morgan fingerprint density at radius 3 is 2.27 bits per heavy atom. The molecule has 1 fully saturated rings. The van der Waals surface area contributed by atoms with Crippen molar-refractivity contribution in [3.05, 3.63) is 64.2 Å². The molecule has 2 N–H and O–H groups in total. The van der Waals surface area contributed by atoms with E-state index in [2.05, 4.69) is 27.5 Å². The van der Waals surface area contributed by atoms with Crippen LogP contribution in [0.2, 0.25) is 0 Å². The Morgan fingerprint density at radius 1 is 1.03 bits per heavy atom. The van der Waals surface area contributed by atoms with E-state index < -0.39 is 16.7 Å². The number of nitro benzene ring substituents is 1. The number of hydrogen-bond donors (Lipinski definition) is 2. The average molecular weight is 455 g/mol. The highest BCUT2D eigenvalue weighted by Gasteiger charge is 2.26. The summed E-state index contributed by atoms with van der Waals surface area (Å²) in [6.45, 7) is 3.76. The smallest absolute Gasteiger partial charge is 0.313 e. The second-order valence-electron chi connectivity index (χ2n) is 8.28. The topological polar surface area (TPSA) is 111 Å². The first-order chi connectivity index (χ1) is 15.8. The monoisotopic (exact) mass is 454 g/mol. The van der Waals surface area contributed by atoms with E-state index in [4.69, 9.17) is 0 Å². The highest BCUT2D eigenvalue weighted by molar-refractivity contribution is 6.39. The quantitative estimate of drug-likeness (QED) is 0.372. The molecular formula is C23H30N6O4. The van der Waals surface area contributed by atoms with Crippen LogP contribution >= 0.6 is 0 Å². The largest absolute Gasteiger partial charge is 0.378 e. The Kier molecular flexibility index (Phi) is 7.96. The van der Waals surface area contributed by atoms with Crippen LogP contribution in [0.4, 0.5) is 17.1 Å². The van der Waals surface area contributed by atoms with E-state index in [-0.39, 0.29) is 24.0 Å². The maximum Gasteiger partial charge on any atom is 0.313 e. The molecule has 2 amide bonds. The lowest BCUT2D eigenvalue weighted by molar-refractivity contribution is -0.383. The van der Waals surface area contributed by atoms with E-state index in [0.717, 1.165) is 37.4 Å². The Bertz CT molecular complexity index is 987. The van der Waals surface area contributed by atoms with Crippen molar-refractivity contribution < 1.29 is 14.5 Å². The molecule has 0 saturated carbocycles. The summed E-state index contributed by atoms with van der Waals surface area (Å²) in [6, 6.07) is 13.8. The summed E-state index contributed by atoms with van der Waals surface area (Å²) < 4.78 is 0. The van der Waals surface area contributed by atoms with Gasteiger partial charge < -0.3 is 20.4 Å². The molecule has 3 rings (SSSR count). The fourth-order valence-electron chi connectivity index (χ4n) is 3.77. The number of carbonyl (C=O) groups is 2. The van der Waals surface area contributed by atoms with Crippen molar-refractivity contribution in [2.24, 2.45) is 0 Å². The van der Waals surface area contributed by atoms with Gasteiger partial charge in [0.15, 0.2) is 0 Å². The van der Waals surface area contributed by atoms with Crippen LogP contribution in [0.1, 0.15) is 11.6 Å². The van der Waals surface area contributed by atoms with E-state index in [0.29, 0.717) is 0 Å². The molecular weight excluding hydrogens is 424 g/mol. The van der Waals surface area contributed by atoms with Gasteiger partial charge in [0.05, 0.1) is 11.0 Å². The van der Waals surface area contributed by atoms with Crippen LogP contribution in [-0.4, -0.2) is 80.4 Å². The van der Waals surface area contributed by atoms with Crippen molar-refractivity contribution >= 4 is 28.9 Å². The van der Waals surface area contributed by atoms with Gasteiger partial charge in [0.2, 0.25) is 0 Å². The van der Waals surface area contributed by atoms with Gasteiger partial charge in [-0.1, -0.05) is 24.3 Å². The van der Waals surface area contributed by atoms with Crippen LogP contribution in [0.5, 0.6) is 0 Å². The lowest BCUT2D eigenvalue weighted by Crippen LogP contribution is -2.49. The molecule has 0 spiro atoms. The van der Waals surface area contributed by atoms with E-state index in [1.807, 2.05) is 43.3 Å². The molecule has 1 atom stereocenters. The van der Waals surface area contributed by atoms with Crippen LogP contribution in [0, 0.1) is 10.1 Å². The lowest BCUT2D eigenvalue weighted by atomic mass is 10.0. The molecule has 0 bridgehead atoms. The van der Waals surface area contributed by atoms with E-state index in [1.54, 1.807) is 6.07 Å². The van der Waals surface area contributed by atoms with Crippen LogP contribution in [0.3, 0.4) is 0 Å². The first-order valence-electron chi connectivity index (χ1n) is 10.8. The number of para-hydroxylation sites is 2. The van der Waals surface area contributed by atoms with E-state index in [9.17, 15) is 19.7 Å². The van der Waals surface area contributed by atoms with Gasteiger partial charge in [-0.3, -0.25) is 24.6 Å². The van der Waals surface area contributed by atoms with Crippen LogP contribution < -0.4 is 15.5 Å². The summed E-state index contributed by atoms with van der Waals surface area (Å²) in [6.07, 6.45) is 0. The number of benzene rings is 2. The minimum absolute atomic E-state index is 0.0162. The summed E-state index contributed by atoms with van der Waals surface area (Å²) in [5.74, 6) is -1.78. The summed E-state index contributed by atoms with van der Waals surface area (Å²) in [7, 11) is 6.03. The summed E-state index contributed by atoms with van der Waals surface area (Å²) in [5.41, 5.74) is 1.83. The Balaban J connectivity index is 1.70. The van der Waals surface area contributed by atoms with E-state index >= 15 is 0 Å². The van der Waals surface area contributed by atoms with Gasteiger partial charge in [-0.05, 0) is 30.8 Å². The first-order valence-corrected chi connectivity index (χ1v) is 10.8. The number of hydrogen-bond acceptors (Lipinski definition) is 7. The van der Waals surface area contributed by atoms with Gasteiger partial charge in [-0.25, -0.2) is 0 Å². The van der Waals surface area contributed by atoms with Crippen molar-refractivity contribution in [2.75, 3.05) is 64.1 Å². The van der Waals surface area contributed by atoms with Gasteiger partial charge in [0, 0.05) is 58.6 Å². The number of anilines is 2. The van der Waals surface area contributed by atoms with Gasteiger partial charge >= 0.3 is 11.8 Å². The predicted octanol–water partition coefficient (Wildman–Crippen LogP) is 1.70. The fraction of sp³-hybridized carbons (Fsp3) is 0.391. The van der Waals surface area contributed by atoms with Gasteiger partial charge in [-0.15, -0.1) is 0 Å². The first kappa shape index (κ1) is 24.1. The number of amides is 2. The minimum atomic E-state index is -0.940. The summed E-state index contributed by atoms with van der Waals surface area (Å²) in [4.78, 5) is 42.0. The summed E-state index contributed by atoms with van der Waals surface area (Å²) in [5, 5.41) is 16.2. The zero-order chi connectivity index (χ0) is 24.0. The number of likely N-dealkylation sites (N-methyl/N-ethyl adjacent to an activating group) is 1. The Hall–Kier alpha value is -3.50. The van der Waals surface area contributed by atoms with Crippen molar-refractivity contribution in [1.82, 2.24) is 15.1 Å². The zero-order valence-corrected chi connectivity index (χ0v) is 19.2. The maximum absolute atomic E-state index is 12.5. The molecule has 1 aliphatic heterocycles. The molecule has 33 heavy (non-hydrogen) atoms. The standard InChI is InChI=1S/C23H30N6O4/c1-26(2)18-10-8-17(9-11-18)21(28-14-12-27(3)13-15-28)16-24-22(30)23(31)25-19-6-4-5-7-20(19)29(32)33/h4-11,21H,12-16H2,1-3H3,(H,24,30)(H,25,31)/t21-/m1/s1. The van der Waals surface area contributed by atoms with Crippen molar-refractivity contribution in [3.63, 3.8) is 0 Å². The molecule has 0 radical (unpaired) electrons. The van der Waals surface area contributed by atoms with Crippen LogP contribution in [0.15, 0.2) is 48.5 Å². The highest BCUT2D eigenvalue weighted by atomic mass is 16.6. The third kappa shape index (κ3) is 6.27. The van der Waals surface area contributed by atoms with Crippen LogP contribution in [0.25, 0.3) is 0 Å². The molecule has 1 saturated heterocycles. The van der Waals surface area contributed by atoms with Crippen LogP contribution in [-0.2, 0) is 9.59 Å². The molecule has 2 aromatic carbocycles. The molecule has 176 valence electrons. The second kappa shape index (κ2) is 10.9. The Labute approximate surface area is 193 Å². The van der Waals surface area contributed by atoms with Gasteiger partial charge in [-0.2, -0.15) is 0 Å². The second-order valence-corrected chi connectivity index (χ2v) is 8.28. The fourth-order valence-corrected chi connectivity index (χ4v) is 3.77. The number of nitro groups is 1. The number of piperazine rings is 1. The molecule has 1 heterocycles. The molecule has 0 aromatic heterocycles. The normalized spacial score (nSPS) is 15.5. The summed E-state index contributed by atoms with van der Waals surface area (Å²) >= 11 is 0. The number of carbonyl (C=O) groups excluding carboxylic acids is 2. The molecule has 1 aliphatic rings.